The van der Waals surface area contributed by atoms with E-state index in [1.807, 2.05) is 49.3 Å². The maximum atomic E-state index is 13.0. The van der Waals surface area contributed by atoms with Crippen LogP contribution in [0.3, 0.4) is 0 Å². The Balaban J connectivity index is 1.51. The van der Waals surface area contributed by atoms with Crippen LogP contribution in [0.1, 0.15) is 21.7 Å². The summed E-state index contributed by atoms with van der Waals surface area (Å²) in [6.45, 7) is 0. The zero-order chi connectivity index (χ0) is 27.1. The minimum atomic E-state index is -0.602. The Hall–Kier alpha value is -4.33. The van der Waals surface area contributed by atoms with Crippen molar-refractivity contribution in [3.8, 4) is 11.3 Å². The predicted molar refractivity (Wildman–Crippen MR) is 153 cm³/mol. The fraction of sp³-hybridized carbons (Fsp3) is 0.0690. The van der Waals surface area contributed by atoms with Crippen molar-refractivity contribution >= 4 is 53.0 Å². The summed E-state index contributed by atoms with van der Waals surface area (Å²) in [5.74, 6) is -0.105. The summed E-state index contributed by atoms with van der Waals surface area (Å²) in [6, 6.07) is 24.7. The molecule has 0 saturated heterocycles. The van der Waals surface area contributed by atoms with Gasteiger partial charge in [-0.25, -0.2) is 5.43 Å². The molecule has 192 valence electrons. The lowest BCUT2D eigenvalue weighted by Gasteiger charge is -2.12. The van der Waals surface area contributed by atoms with Crippen LogP contribution in [0.25, 0.3) is 17.4 Å². The van der Waals surface area contributed by atoms with Gasteiger partial charge in [-0.15, -0.1) is 0 Å². The molecule has 2 amide bonds. The normalized spacial score (nSPS) is 11.4. The number of carbonyl (C=O) groups excluding carboxylic acids is 2. The average Bonchev–Trinajstić information content (AvgIpc) is 3.37. The van der Waals surface area contributed by atoms with Gasteiger partial charge in [0.05, 0.1) is 11.2 Å². The second-order valence-corrected chi connectivity index (χ2v) is 9.23. The molecule has 0 spiro atoms. The van der Waals surface area contributed by atoms with Gasteiger partial charge < -0.3 is 14.6 Å². The zero-order valence-corrected chi connectivity index (χ0v) is 22.1. The number of rotatable bonds is 8. The van der Waals surface area contributed by atoms with Gasteiger partial charge in [-0.05, 0) is 66.2 Å². The molecule has 9 heteroatoms. The van der Waals surface area contributed by atoms with Crippen molar-refractivity contribution in [1.29, 1.82) is 0 Å². The second kappa shape index (κ2) is 12.3. The smallest absolute Gasteiger partial charge is 0.287 e. The van der Waals surface area contributed by atoms with Gasteiger partial charge in [0.15, 0.2) is 0 Å². The molecule has 1 heterocycles. The zero-order valence-electron chi connectivity index (χ0n) is 20.6. The molecule has 38 heavy (non-hydrogen) atoms. The number of nitrogens with zero attached hydrogens (tertiary/aromatic N) is 2. The molecule has 7 nitrogen and oxygen atoms in total. The van der Waals surface area contributed by atoms with E-state index in [2.05, 4.69) is 15.8 Å². The van der Waals surface area contributed by atoms with E-state index in [4.69, 9.17) is 27.6 Å². The highest BCUT2D eigenvalue weighted by molar-refractivity contribution is 6.36. The first-order valence-electron chi connectivity index (χ1n) is 11.5. The molecule has 0 atom stereocenters. The first-order chi connectivity index (χ1) is 18.3. The number of nitrogens with one attached hydrogen (secondary N) is 2. The van der Waals surface area contributed by atoms with Crippen molar-refractivity contribution in [3.63, 3.8) is 0 Å². The molecule has 0 aliphatic rings. The van der Waals surface area contributed by atoms with E-state index in [0.717, 1.165) is 11.3 Å². The number of amides is 2. The Bertz CT molecular complexity index is 1490. The minimum Gasteiger partial charge on any atom is -0.455 e. The summed E-state index contributed by atoms with van der Waals surface area (Å²) < 4.78 is 5.76. The highest BCUT2D eigenvalue weighted by Crippen LogP contribution is 2.31. The number of halogens is 2. The largest absolute Gasteiger partial charge is 0.455 e. The Morgan fingerprint density at radius 1 is 0.921 bits per heavy atom. The molecule has 0 unspecified atom stereocenters. The third-order valence-electron chi connectivity index (χ3n) is 5.43. The summed E-state index contributed by atoms with van der Waals surface area (Å²) in [5.41, 5.74) is 5.30. The monoisotopic (exact) mass is 546 g/mol. The van der Waals surface area contributed by atoms with Gasteiger partial charge in [0.25, 0.3) is 11.8 Å². The summed E-state index contributed by atoms with van der Waals surface area (Å²) in [6.07, 6.45) is 2.94. The highest BCUT2D eigenvalue weighted by atomic mass is 35.5. The van der Waals surface area contributed by atoms with E-state index in [9.17, 15) is 9.59 Å². The molecule has 0 saturated carbocycles. The number of furan rings is 1. The lowest BCUT2D eigenvalue weighted by molar-refractivity contribution is -0.117. The number of anilines is 1. The van der Waals surface area contributed by atoms with Gasteiger partial charge in [-0.1, -0.05) is 53.5 Å². The molecule has 1 aromatic heterocycles. The van der Waals surface area contributed by atoms with E-state index >= 15 is 0 Å². The van der Waals surface area contributed by atoms with E-state index in [0.29, 0.717) is 32.7 Å². The van der Waals surface area contributed by atoms with Gasteiger partial charge >= 0.3 is 0 Å². The lowest BCUT2D eigenvalue weighted by atomic mass is 10.1. The second-order valence-electron chi connectivity index (χ2n) is 8.39. The van der Waals surface area contributed by atoms with Gasteiger partial charge in [0.1, 0.15) is 17.2 Å². The molecule has 0 aliphatic carbocycles. The first-order valence-corrected chi connectivity index (χ1v) is 12.3. The fourth-order valence-corrected chi connectivity index (χ4v) is 3.95. The third kappa shape index (κ3) is 6.91. The SMILES string of the molecule is CN(C)c1ccc(/C=C(/NC(=O)c2ccccc2)C(=O)N/N=C/c2ccc(-c3ccc(Cl)cc3Cl)o2)cc1. The van der Waals surface area contributed by atoms with Crippen molar-refractivity contribution in [2.24, 2.45) is 5.10 Å². The van der Waals surface area contributed by atoms with Crippen molar-refractivity contribution < 1.29 is 14.0 Å². The van der Waals surface area contributed by atoms with E-state index in [1.54, 1.807) is 60.7 Å². The topological polar surface area (TPSA) is 86.9 Å². The van der Waals surface area contributed by atoms with Crippen LogP contribution in [0, 0.1) is 0 Å². The van der Waals surface area contributed by atoms with Crippen molar-refractivity contribution in [2.45, 2.75) is 0 Å². The molecule has 0 bridgehead atoms. The molecule has 0 fully saturated rings. The van der Waals surface area contributed by atoms with Crippen LogP contribution in [0.2, 0.25) is 10.0 Å². The number of hydrogen-bond acceptors (Lipinski definition) is 5. The summed E-state index contributed by atoms with van der Waals surface area (Å²) in [4.78, 5) is 27.7. The van der Waals surface area contributed by atoms with Crippen molar-refractivity contribution in [1.82, 2.24) is 10.7 Å². The van der Waals surface area contributed by atoms with Crippen molar-refractivity contribution in [3.05, 3.63) is 118 Å². The quantitative estimate of drug-likeness (QED) is 0.155. The minimum absolute atomic E-state index is 0.0293. The number of hydrogen-bond donors (Lipinski definition) is 2. The Morgan fingerprint density at radius 3 is 2.34 bits per heavy atom. The Labute approximate surface area is 230 Å². The molecule has 0 radical (unpaired) electrons. The van der Waals surface area contributed by atoms with Gasteiger partial charge in [-0.3, -0.25) is 9.59 Å². The fourth-order valence-electron chi connectivity index (χ4n) is 3.45. The van der Waals surface area contributed by atoms with Crippen LogP contribution < -0.4 is 15.6 Å². The van der Waals surface area contributed by atoms with Gasteiger partial charge in [-0.2, -0.15) is 5.10 Å². The van der Waals surface area contributed by atoms with E-state index in [1.165, 1.54) is 6.21 Å². The maximum absolute atomic E-state index is 13.0. The molecule has 2 N–H and O–H groups in total. The predicted octanol–water partition coefficient (Wildman–Crippen LogP) is 6.24. The molecule has 0 aliphatic heterocycles. The summed E-state index contributed by atoms with van der Waals surface area (Å²) >= 11 is 12.2. The summed E-state index contributed by atoms with van der Waals surface area (Å²) in [5, 5.41) is 7.64. The molecule has 3 aromatic carbocycles. The Kier molecular flexibility index (Phi) is 8.63. The van der Waals surface area contributed by atoms with Crippen LogP contribution in [-0.4, -0.2) is 32.1 Å². The van der Waals surface area contributed by atoms with Crippen LogP contribution in [-0.2, 0) is 4.79 Å². The first kappa shape index (κ1) is 26.7. The number of benzene rings is 3. The van der Waals surface area contributed by atoms with Gasteiger partial charge in [0, 0.05) is 35.9 Å². The Morgan fingerprint density at radius 2 is 1.66 bits per heavy atom. The molecular weight excluding hydrogens is 523 g/mol. The van der Waals surface area contributed by atoms with E-state index < -0.39 is 11.8 Å². The maximum Gasteiger partial charge on any atom is 0.287 e. The van der Waals surface area contributed by atoms with Crippen molar-refractivity contribution in [2.75, 3.05) is 19.0 Å². The van der Waals surface area contributed by atoms with Crippen LogP contribution in [0.15, 0.2) is 100 Å². The lowest BCUT2D eigenvalue weighted by Crippen LogP contribution is -2.32. The van der Waals surface area contributed by atoms with Crippen LogP contribution in [0.4, 0.5) is 5.69 Å². The summed E-state index contributed by atoms with van der Waals surface area (Å²) in [7, 11) is 3.88. The van der Waals surface area contributed by atoms with E-state index in [-0.39, 0.29) is 5.70 Å². The van der Waals surface area contributed by atoms with Crippen LogP contribution >= 0.6 is 23.2 Å². The number of carbonyl (C=O) groups is 2. The highest BCUT2D eigenvalue weighted by Gasteiger charge is 2.15. The molecule has 4 aromatic rings. The molecule has 4 rings (SSSR count). The standard InChI is InChI=1S/C29H24Cl2N4O3/c1-35(2)22-11-8-19(9-12-22)16-26(33-28(36)20-6-4-3-5-7-20)29(37)34-32-18-23-13-15-27(38-23)24-14-10-21(30)17-25(24)31/h3-18H,1-2H3,(H,33,36)(H,34,37)/b26-16+,32-18+. The third-order valence-corrected chi connectivity index (χ3v) is 5.98. The number of hydrazone groups is 1. The molecular formula is C29H24Cl2N4O3. The van der Waals surface area contributed by atoms with Crippen LogP contribution in [0.5, 0.6) is 0 Å². The van der Waals surface area contributed by atoms with Gasteiger partial charge in [0.2, 0.25) is 0 Å². The average molecular weight is 547 g/mol.